The number of hydrogen-bond acceptors (Lipinski definition) is 12. The Balaban J connectivity index is 1.28. The van der Waals surface area contributed by atoms with Gasteiger partial charge in [0.15, 0.2) is 23.0 Å². The van der Waals surface area contributed by atoms with E-state index >= 15 is 0 Å². The number of alkyl carbamates (subject to hydrolysis) is 1. The van der Waals surface area contributed by atoms with Gasteiger partial charge in [-0.25, -0.2) is 9.59 Å². The van der Waals surface area contributed by atoms with E-state index in [1.807, 2.05) is 0 Å². The molecule has 2 saturated heterocycles. The van der Waals surface area contributed by atoms with E-state index in [-0.39, 0.29) is 13.4 Å². The summed E-state index contributed by atoms with van der Waals surface area (Å²) in [5.41, 5.74) is 0.501. The Morgan fingerprint density at radius 3 is 2.04 bits per heavy atom. The standard InChI is InChI=1S/C35H43N2O12/c1-17(36-33(40)48-19-13-34(2,3)37(41)35(4,5)14-19)31(38)49-29-21-12-24-23(46-16-47-24)11-20(21)27(28-22(29)15-45-32(28)39)18-9-25(42-6)30(44-8)26(10-18)43-7/h9-12,17,19,22,27-29H,13-16H2,1-8H3,(H,36,40)/t17?,22-,27+,28-,29-/m0/s1. The largest absolute Gasteiger partial charge is 0.493 e. The van der Waals surface area contributed by atoms with Crippen molar-refractivity contribution in [2.45, 2.75) is 82.7 Å². The summed E-state index contributed by atoms with van der Waals surface area (Å²) in [5.74, 6) is -0.891. The number of cyclic esters (lactones) is 1. The number of piperidine rings is 1. The number of rotatable bonds is 8. The van der Waals surface area contributed by atoms with E-state index in [1.165, 1.54) is 28.3 Å². The highest BCUT2D eigenvalue weighted by Gasteiger charge is 2.54. The molecule has 14 nitrogen and oxygen atoms in total. The Kier molecular flexibility index (Phi) is 8.99. The van der Waals surface area contributed by atoms with Gasteiger partial charge in [-0.1, -0.05) is 0 Å². The van der Waals surface area contributed by atoms with E-state index in [4.69, 9.17) is 37.9 Å². The van der Waals surface area contributed by atoms with Crippen LogP contribution in [0.25, 0.3) is 0 Å². The molecule has 2 fully saturated rings. The van der Waals surface area contributed by atoms with Gasteiger partial charge < -0.3 is 43.2 Å². The zero-order chi connectivity index (χ0) is 35.4. The van der Waals surface area contributed by atoms with Crippen molar-refractivity contribution in [3.63, 3.8) is 0 Å². The maximum absolute atomic E-state index is 13.6. The zero-order valence-electron chi connectivity index (χ0n) is 28.9. The van der Waals surface area contributed by atoms with E-state index in [0.29, 0.717) is 58.3 Å². The van der Waals surface area contributed by atoms with Crippen molar-refractivity contribution < 1.29 is 57.5 Å². The molecule has 0 saturated carbocycles. The predicted octanol–water partition coefficient (Wildman–Crippen LogP) is 4.44. The molecule has 1 N–H and O–H groups in total. The molecule has 2 aromatic rings. The van der Waals surface area contributed by atoms with Gasteiger partial charge in [0, 0.05) is 41.3 Å². The van der Waals surface area contributed by atoms with Crippen LogP contribution in [0.3, 0.4) is 0 Å². The molecule has 1 unspecified atom stereocenters. The molecule has 49 heavy (non-hydrogen) atoms. The van der Waals surface area contributed by atoms with Crippen LogP contribution in [0.1, 0.15) is 76.2 Å². The fraction of sp³-hybridized carbons (Fsp3) is 0.571. The predicted molar refractivity (Wildman–Crippen MR) is 170 cm³/mol. The van der Waals surface area contributed by atoms with Crippen LogP contribution in [0, 0.1) is 11.8 Å². The van der Waals surface area contributed by atoms with Gasteiger partial charge in [-0.15, -0.1) is 10.3 Å². The van der Waals surface area contributed by atoms with Crippen molar-refractivity contribution in [1.82, 2.24) is 10.4 Å². The number of ether oxygens (including phenoxy) is 8. The summed E-state index contributed by atoms with van der Waals surface area (Å²) < 4.78 is 45.6. The molecule has 0 spiro atoms. The summed E-state index contributed by atoms with van der Waals surface area (Å²) in [4.78, 5) is 40.1. The first-order valence-corrected chi connectivity index (χ1v) is 16.2. The van der Waals surface area contributed by atoms with E-state index < -0.39 is 65.1 Å². The smallest absolute Gasteiger partial charge is 0.408 e. The van der Waals surface area contributed by atoms with Gasteiger partial charge in [0.05, 0.1) is 33.9 Å². The summed E-state index contributed by atoms with van der Waals surface area (Å²) in [5, 5.41) is 16.4. The molecule has 1 aliphatic carbocycles. The van der Waals surface area contributed by atoms with Gasteiger partial charge in [0.2, 0.25) is 12.5 Å². The first-order chi connectivity index (χ1) is 23.2. The van der Waals surface area contributed by atoms with Crippen LogP contribution >= 0.6 is 0 Å². The van der Waals surface area contributed by atoms with Crippen molar-refractivity contribution in [2.24, 2.45) is 11.8 Å². The third-order valence-electron chi connectivity index (χ3n) is 9.92. The van der Waals surface area contributed by atoms with Crippen LogP contribution in [0.2, 0.25) is 0 Å². The number of hydroxylamine groups is 2. The van der Waals surface area contributed by atoms with E-state index in [9.17, 15) is 19.6 Å². The molecule has 1 amide bonds. The lowest BCUT2D eigenvalue weighted by Crippen LogP contribution is -2.60. The molecular weight excluding hydrogens is 640 g/mol. The van der Waals surface area contributed by atoms with Gasteiger partial charge in [0.1, 0.15) is 18.2 Å². The third-order valence-corrected chi connectivity index (χ3v) is 9.92. The highest BCUT2D eigenvalue weighted by atomic mass is 16.7. The molecule has 3 aliphatic heterocycles. The highest BCUT2D eigenvalue weighted by Crippen LogP contribution is 2.56. The van der Waals surface area contributed by atoms with E-state index in [0.717, 1.165) is 5.06 Å². The van der Waals surface area contributed by atoms with Gasteiger partial charge in [-0.05, 0) is 70.0 Å². The fourth-order valence-electron chi connectivity index (χ4n) is 7.85. The Morgan fingerprint density at radius 1 is 0.878 bits per heavy atom. The monoisotopic (exact) mass is 683 g/mol. The maximum atomic E-state index is 13.6. The summed E-state index contributed by atoms with van der Waals surface area (Å²) >= 11 is 0. The maximum Gasteiger partial charge on any atom is 0.408 e. The number of hydrogen-bond donors (Lipinski definition) is 1. The van der Waals surface area contributed by atoms with Crippen LogP contribution in [0.15, 0.2) is 24.3 Å². The topological polar surface area (TPSA) is 160 Å². The normalized spacial score (nSPS) is 25.7. The SMILES string of the molecule is COc1cc([C@@H]2c3cc4c(cc3[C@H](OC(=O)C(C)NC(=O)OC3CC(C)(C)N([O])C(C)(C)C3)[C@H]3COC(=O)[C@H]23)OCO4)cc(OC)c1OC. The van der Waals surface area contributed by atoms with Crippen LogP contribution in [0.5, 0.6) is 28.7 Å². The van der Waals surface area contributed by atoms with Crippen molar-refractivity contribution in [3.05, 3.63) is 41.0 Å². The van der Waals surface area contributed by atoms with Crippen molar-refractivity contribution in [1.29, 1.82) is 0 Å². The van der Waals surface area contributed by atoms with Crippen LogP contribution in [-0.2, 0) is 29.0 Å². The number of methoxy groups -OCH3 is 3. The lowest BCUT2D eigenvalue weighted by Gasteiger charge is -2.49. The Labute approximate surface area is 284 Å². The quantitative estimate of drug-likeness (QED) is 0.308. The molecule has 3 heterocycles. The van der Waals surface area contributed by atoms with Crippen molar-refractivity contribution in [3.8, 4) is 28.7 Å². The van der Waals surface area contributed by atoms with Gasteiger partial charge in [-0.2, -0.15) is 0 Å². The second-order valence-corrected chi connectivity index (χ2v) is 14.2. The number of nitrogens with one attached hydrogen (secondary N) is 1. The second kappa shape index (κ2) is 12.8. The minimum Gasteiger partial charge on any atom is -0.493 e. The lowest BCUT2D eigenvalue weighted by atomic mass is 9.66. The number of carbonyl (C=O) groups excluding carboxylic acids is 3. The summed E-state index contributed by atoms with van der Waals surface area (Å²) in [6.07, 6.45) is -1.57. The third kappa shape index (κ3) is 6.16. The average molecular weight is 684 g/mol. The van der Waals surface area contributed by atoms with Crippen LogP contribution < -0.4 is 29.0 Å². The number of fused-ring (bicyclic) bond motifs is 3. The molecule has 4 aliphatic rings. The molecule has 6 rings (SSSR count). The molecular formula is C35H43N2O12. The molecule has 0 aromatic heterocycles. The lowest BCUT2D eigenvalue weighted by molar-refractivity contribution is -0.298. The number of esters is 2. The number of carbonyl (C=O) groups is 3. The first kappa shape index (κ1) is 34.4. The highest BCUT2D eigenvalue weighted by molar-refractivity contribution is 5.82. The summed E-state index contributed by atoms with van der Waals surface area (Å²) in [6, 6.07) is 6.03. The fourth-order valence-corrected chi connectivity index (χ4v) is 7.85. The molecule has 1 radical (unpaired) electrons. The zero-order valence-corrected chi connectivity index (χ0v) is 28.9. The minimum absolute atomic E-state index is 0.00405. The van der Waals surface area contributed by atoms with Gasteiger partial charge in [0.25, 0.3) is 0 Å². The van der Waals surface area contributed by atoms with E-state index in [2.05, 4.69) is 5.32 Å². The van der Waals surface area contributed by atoms with Gasteiger partial charge in [-0.3, -0.25) is 4.79 Å². The summed E-state index contributed by atoms with van der Waals surface area (Å²) in [6.45, 7) is 8.73. The molecule has 5 atom stereocenters. The van der Waals surface area contributed by atoms with Gasteiger partial charge >= 0.3 is 18.0 Å². The average Bonchev–Trinajstić information content (AvgIpc) is 3.67. The second-order valence-electron chi connectivity index (χ2n) is 14.2. The van der Waals surface area contributed by atoms with Crippen LogP contribution in [-0.4, -0.2) is 81.0 Å². The van der Waals surface area contributed by atoms with Crippen molar-refractivity contribution >= 4 is 18.0 Å². The van der Waals surface area contributed by atoms with E-state index in [1.54, 1.807) is 52.0 Å². The number of nitrogens with zero attached hydrogens (tertiary/aromatic N) is 1. The Morgan fingerprint density at radius 2 is 1.47 bits per heavy atom. The Bertz CT molecular complexity index is 1600. The summed E-state index contributed by atoms with van der Waals surface area (Å²) in [7, 11) is 4.53. The number of benzene rings is 2. The molecule has 265 valence electrons. The first-order valence-electron chi connectivity index (χ1n) is 16.2. The molecule has 14 heteroatoms. The van der Waals surface area contributed by atoms with Crippen molar-refractivity contribution in [2.75, 3.05) is 34.7 Å². The Hall–Kier alpha value is -4.43. The minimum atomic E-state index is -1.10. The molecule has 0 bridgehead atoms. The molecule has 2 aromatic carbocycles. The number of amides is 1. The van der Waals surface area contributed by atoms with Crippen LogP contribution in [0.4, 0.5) is 4.79 Å².